The monoisotopic (exact) mass is 362 g/mol. The first-order valence-corrected chi connectivity index (χ1v) is 11.3. The molecule has 0 amide bonds. The molecule has 1 aromatic rings. The van der Waals surface area contributed by atoms with E-state index in [1.54, 1.807) is 12.1 Å². The average Bonchev–Trinajstić information content (AvgIpc) is 2.52. The predicted octanol–water partition coefficient (Wildman–Crippen LogP) is 3.92. The number of carbonyl (C=O) groups excluding carboxylic acids is 1. The lowest BCUT2D eigenvalue weighted by atomic mass is 9.89. The van der Waals surface area contributed by atoms with E-state index in [1.807, 2.05) is 18.2 Å². The summed E-state index contributed by atoms with van der Waals surface area (Å²) in [6, 6.07) is 9.03. The van der Waals surface area contributed by atoms with Gasteiger partial charge in [0.2, 0.25) is 0 Å². The van der Waals surface area contributed by atoms with Crippen LogP contribution in [0.1, 0.15) is 26.3 Å². The Morgan fingerprint density at radius 1 is 1.24 bits per heavy atom. The summed E-state index contributed by atoms with van der Waals surface area (Å²) in [5.74, 6) is -3.09. The number of carboxylic acids is 1. The highest BCUT2D eigenvalue weighted by atomic mass is 28.4. The molecule has 0 radical (unpaired) electrons. The lowest BCUT2D eigenvalue weighted by Crippen LogP contribution is -2.45. The molecule has 2 rings (SSSR count). The fourth-order valence-electron chi connectivity index (χ4n) is 2.33. The van der Waals surface area contributed by atoms with Gasteiger partial charge in [-0.05, 0) is 24.2 Å². The number of rotatable bonds is 5. The average molecular weight is 362 g/mol. The largest absolute Gasteiger partial charge is 0.481 e. The number of hydrogen-bond donors (Lipinski definition) is 1. The molecule has 1 heterocycles. The lowest BCUT2D eigenvalue weighted by Gasteiger charge is -2.38. The Labute approximate surface area is 149 Å². The van der Waals surface area contributed by atoms with Crippen LogP contribution in [0.15, 0.2) is 36.4 Å². The molecule has 1 aliphatic heterocycles. The minimum atomic E-state index is -2.09. The molecule has 0 spiro atoms. The second kappa shape index (κ2) is 7.13. The van der Waals surface area contributed by atoms with Gasteiger partial charge in [0.05, 0.1) is 11.8 Å². The van der Waals surface area contributed by atoms with E-state index in [9.17, 15) is 14.7 Å². The van der Waals surface area contributed by atoms with Crippen LogP contribution in [0.25, 0.3) is 5.76 Å². The predicted molar refractivity (Wildman–Crippen MR) is 98.3 cm³/mol. The molecule has 0 bridgehead atoms. The Morgan fingerprint density at radius 2 is 1.84 bits per heavy atom. The van der Waals surface area contributed by atoms with Crippen molar-refractivity contribution in [3.63, 3.8) is 0 Å². The maximum absolute atomic E-state index is 12.5. The normalized spacial score (nSPS) is 21.5. The van der Waals surface area contributed by atoms with Crippen LogP contribution in [-0.2, 0) is 18.8 Å². The summed E-state index contributed by atoms with van der Waals surface area (Å²) in [5, 5.41) is 9.57. The third-order valence-electron chi connectivity index (χ3n) is 5.05. The van der Waals surface area contributed by atoms with E-state index >= 15 is 0 Å². The Bertz CT molecular complexity index is 673. The number of aliphatic carboxylic acids is 1. The lowest BCUT2D eigenvalue weighted by molar-refractivity contribution is -0.154. The van der Waals surface area contributed by atoms with Crippen LogP contribution in [0.2, 0.25) is 18.1 Å². The van der Waals surface area contributed by atoms with Crippen LogP contribution in [0.4, 0.5) is 0 Å². The van der Waals surface area contributed by atoms with Crippen molar-refractivity contribution in [3.8, 4) is 0 Å². The molecule has 0 aliphatic carbocycles. The fraction of sp³-hybridized carbons (Fsp3) is 0.474. The van der Waals surface area contributed by atoms with Gasteiger partial charge in [0.15, 0.2) is 8.32 Å². The molecule has 1 N–H and O–H groups in total. The maximum Gasteiger partial charge on any atom is 0.317 e. The molecule has 0 aromatic heterocycles. The van der Waals surface area contributed by atoms with E-state index in [4.69, 9.17) is 9.16 Å². The van der Waals surface area contributed by atoms with Crippen molar-refractivity contribution < 1.29 is 23.9 Å². The number of carboxylic acid groups (broad SMARTS) is 1. The fourth-order valence-corrected chi connectivity index (χ4v) is 3.36. The molecule has 25 heavy (non-hydrogen) atoms. The summed E-state index contributed by atoms with van der Waals surface area (Å²) in [6.07, 6.45) is 1.51. The van der Waals surface area contributed by atoms with Crippen molar-refractivity contribution in [1.82, 2.24) is 0 Å². The zero-order valence-electron chi connectivity index (χ0n) is 15.4. The molecular formula is C19H26O5Si. The van der Waals surface area contributed by atoms with Gasteiger partial charge in [0, 0.05) is 12.2 Å². The molecule has 5 nitrogen and oxygen atoms in total. The van der Waals surface area contributed by atoms with Gasteiger partial charge in [-0.25, -0.2) is 0 Å². The van der Waals surface area contributed by atoms with Gasteiger partial charge in [-0.3, -0.25) is 9.59 Å². The van der Waals surface area contributed by atoms with Crippen LogP contribution in [0.3, 0.4) is 0 Å². The molecule has 0 fully saturated rings. The highest BCUT2D eigenvalue weighted by Gasteiger charge is 2.43. The standard InChI is InChI=1S/C19H26O5Si/c1-19(2,3)25(4,5)23-12-15-14(17(20)21)11-16(24-18(15)22)13-9-7-6-8-10-13/h6-11,14-15H,12H2,1-5H3,(H,20,21). The molecule has 1 aliphatic rings. The number of cyclic esters (lactones) is 1. The number of ether oxygens (including phenoxy) is 1. The van der Waals surface area contributed by atoms with Gasteiger partial charge >= 0.3 is 11.9 Å². The molecular weight excluding hydrogens is 336 g/mol. The topological polar surface area (TPSA) is 72.8 Å². The molecule has 6 heteroatoms. The first-order chi connectivity index (χ1) is 11.5. The number of carbonyl (C=O) groups is 2. The Hall–Kier alpha value is -1.92. The van der Waals surface area contributed by atoms with Gasteiger partial charge < -0.3 is 14.3 Å². The van der Waals surface area contributed by atoms with Crippen molar-refractivity contribution in [3.05, 3.63) is 42.0 Å². The second-order valence-electron chi connectivity index (χ2n) is 7.86. The molecule has 2 unspecified atom stereocenters. The van der Waals surface area contributed by atoms with E-state index in [2.05, 4.69) is 33.9 Å². The minimum Gasteiger partial charge on any atom is -0.481 e. The van der Waals surface area contributed by atoms with Crippen LogP contribution in [0.5, 0.6) is 0 Å². The summed E-state index contributed by atoms with van der Waals surface area (Å²) < 4.78 is 11.5. The SMILES string of the molecule is CC(C)(C)[Si](C)(C)OCC1C(=O)OC(c2ccccc2)=CC1C(=O)O. The highest BCUT2D eigenvalue weighted by Crippen LogP contribution is 2.38. The third kappa shape index (κ3) is 4.38. The Kier molecular flexibility index (Phi) is 5.54. The maximum atomic E-state index is 12.5. The van der Waals surface area contributed by atoms with E-state index in [0.29, 0.717) is 11.3 Å². The molecule has 0 saturated heterocycles. The molecule has 2 atom stereocenters. The van der Waals surface area contributed by atoms with Crippen LogP contribution in [0, 0.1) is 11.8 Å². The van der Waals surface area contributed by atoms with E-state index < -0.39 is 32.1 Å². The summed E-state index contributed by atoms with van der Waals surface area (Å²) in [7, 11) is -2.09. The molecule has 1 aromatic carbocycles. The summed E-state index contributed by atoms with van der Waals surface area (Å²) >= 11 is 0. The zero-order chi connectivity index (χ0) is 18.8. The summed E-state index contributed by atoms with van der Waals surface area (Å²) in [4.78, 5) is 24.2. The second-order valence-corrected chi connectivity index (χ2v) is 12.7. The zero-order valence-corrected chi connectivity index (χ0v) is 16.4. The van der Waals surface area contributed by atoms with Crippen LogP contribution >= 0.6 is 0 Å². The summed E-state index contributed by atoms with van der Waals surface area (Å²) in [6.45, 7) is 10.5. The third-order valence-corrected chi connectivity index (χ3v) is 9.55. The number of hydrogen-bond acceptors (Lipinski definition) is 4. The van der Waals surface area contributed by atoms with Gasteiger partial charge in [0.25, 0.3) is 0 Å². The molecule has 136 valence electrons. The van der Waals surface area contributed by atoms with Crippen molar-refractivity contribution in [2.75, 3.05) is 6.61 Å². The smallest absolute Gasteiger partial charge is 0.317 e. The molecule has 0 saturated carbocycles. The van der Waals surface area contributed by atoms with E-state index in [0.717, 1.165) is 0 Å². The van der Waals surface area contributed by atoms with Crippen molar-refractivity contribution >= 4 is 26.0 Å². The Balaban J connectivity index is 2.23. The van der Waals surface area contributed by atoms with Crippen molar-refractivity contribution in [2.45, 2.75) is 38.9 Å². The van der Waals surface area contributed by atoms with Gasteiger partial charge in [-0.15, -0.1) is 0 Å². The first kappa shape index (κ1) is 19.4. The summed E-state index contributed by atoms with van der Waals surface area (Å²) in [5.41, 5.74) is 0.686. The van der Waals surface area contributed by atoms with E-state index in [1.165, 1.54) is 6.08 Å². The number of esters is 1. The first-order valence-electron chi connectivity index (χ1n) is 8.38. The van der Waals surface area contributed by atoms with Gasteiger partial charge in [0.1, 0.15) is 5.76 Å². The van der Waals surface area contributed by atoms with E-state index in [-0.39, 0.29) is 11.6 Å². The minimum absolute atomic E-state index is 0.0185. The van der Waals surface area contributed by atoms with Crippen molar-refractivity contribution in [2.24, 2.45) is 11.8 Å². The van der Waals surface area contributed by atoms with Crippen LogP contribution < -0.4 is 0 Å². The van der Waals surface area contributed by atoms with Crippen LogP contribution in [-0.4, -0.2) is 32.0 Å². The highest BCUT2D eigenvalue weighted by molar-refractivity contribution is 6.74. The Morgan fingerprint density at radius 3 is 2.36 bits per heavy atom. The van der Waals surface area contributed by atoms with Gasteiger partial charge in [-0.2, -0.15) is 0 Å². The quantitative estimate of drug-likeness (QED) is 0.635. The number of benzene rings is 1. The van der Waals surface area contributed by atoms with Crippen molar-refractivity contribution in [1.29, 1.82) is 0 Å². The van der Waals surface area contributed by atoms with Gasteiger partial charge in [-0.1, -0.05) is 51.1 Å².